The molecule has 0 unspecified atom stereocenters. The van der Waals surface area contributed by atoms with E-state index in [9.17, 15) is 0 Å². The van der Waals surface area contributed by atoms with E-state index in [0.29, 0.717) is 0 Å². The van der Waals surface area contributed by atoms with E-state index >= 15 is 0 Å². The van der Waals surface area contributed by atoms with Gasteiger partial charge < -0.3 is 24.1 Å². The fraction of sp³-hybridized carbons (Fsp3) is 0. The minimum Gasteiger partial charge on any atom is -0.759 e. The zero-order chi connectivity index (χ0) is 8.08. The van der Waals surface area contributed by atoms with Crippen LogP contribution >= 0.6 is 0 Å². The SMILES string of the molecule is O=C([O-])[O-].O=S(=O)([O-])[O-].[Pb+2].[Pb+2]. The van der Waals surface area contributed by atoms with Crippen molar-refractivity contribution in [3.8, 4) is 0 Å². The van der Waals surface area contributed by atoms with Crippen LogP contribution in [0.25, 0.3) is 0 Å². The zero-order valence-electron chi connectivity index (χ0n) is 4.77. The summed E-state index contributed by atoms with van der Waals surface area (Å²) in [6.07, 6.45) is -2.33. The molecule has 11 heavy (non-hydrogen) atoms. The van der Waals surface area contributed by atoms with Gasteiger partial charge in [-0.2, -0.15) is 0 Å². The molecule has 0 aliphatic rings. The van der Waals surface area contributed by atoms with Crippen molar-refractivity contribution in [1.82, 2.24) is 0 Å². The molecule has 0 N–H and O–H groups in total. The van der Waals surface area contributed by atoms with Crippen LogP contribution in [0.5, 0.6) is 0 Å². The van der Waals surface area contributed by atoms with Crippen LogP contribution in [0.3, 0.4) is 0 Å². The minimum absolute atomic E-state index is 0. The summed E-state index contributed by atoms with van der Waals surface area (Å²) < 4.78 is 34.1. The standard InChI is InChI=1S/CH2O3.H2O4S.2Pb/c2-1(3)4;1-5(2,3)4;;/h(H2,2,3,4);(H2,1,2,3,4);;/q;;2*+2/p-4. The van der Waals surface area contributed by atoms with Gasteiger partial charge in [0, 0.05) is 10.4 Å². The maximum absolute atomic E-state index is 8.52. The first-order valence-electron chi connectivity index (χ1n) is 1.28. The van der Waals surface area contributed by atoms with Gasteiger partial charge in [-0.25, -0.2) is 0 Å². The van der Waals surface area contributed by atoms with E-state index < -0.39 is 16.6 Å². The third kappa shape index (κ3) is 915. The third-order valence-electron chi connectivity index (χ3n) is 0. The van der Waals surface area contributed by atoms with Crippen LogP contribution in [0.1, 0.15) is 0 Å². The minimum atomic E-state index is -5.17. The van der Waals surface area contributed by atoms with E-state index in [1.54, 1.807) is 0 Å². The third-order valence-corrected chi connectivity index (χ3v) is 0. The number of carbonyl (C=O) groups is 1. The van der Waals surface area contributed by atoms with Crippen molar-refractivity contribution in [3.05, 3.63) is 0 Å². The summed E-state index contributed by atoms with van der Waals surface area (Å²) in [7, 11) is -5.17. The summed E-state index contributed by atoms with van der Waals surface area (Å²) in [5, 5.41) is 16.7. The van der Waals surface area contributed by atoms with Crippen molar-refractivity contribution in [2.24, 2.45) is 0 Å². The first-order valence-corrected chi connectivity index (χ1v) is 2.61. The summed E-state index contributed by atoms with van der Waals surface area (Å²) in [4.78, 5) is 8.33. The second-order valence-corrected chi connectivity index (χ2v) is 1.47. The average Bonchev–Trinajstić information content (AvgIpc) is 1.19. The summed E-state index contributed by atoms with van der Waals surface area (Å²) in [6.45, 7) is 0. The van der Waals surface area contributed by atoms with E-state index in [1.807, 2.05) is 0 Å². The predicted octanol–water partition coefficient (Wildman–Crippen LogP) is -4.55. The van der Waals surface area contributed by atoms with Crippen molar-refractivity contribution in [3.63, 3.8) is 0 Å². The van der Waals surface area contributed by atoms with E-state index in [1.165, 1.54) is 0 Å². The van der Waals surface area contributed by atoms with Crippen molar-refractivity contribution in [2.75, 3.05) is 0 Å². The fourth-order valence-electron chi connectivity index (χ4n) is 0. The Morgan fingerprint density at radius 1 is 1.00 bits per heavy atom. The van der Waals surface area contributed by atoms with Crippen LogP contribution < -0.4 is 10.2 Å². The summed E-state index contributed by atoms with van der Waals surface area (Å²) >= 11 is 0. The molecule has 0 aliphatic heterocycles. The average molecular weight is 570 g/mol. The van der Waals surface area contributed by atoms with Crippen molar-refractivity contribution in [2.45, 2.75) is 0 Å². The van der Waals surface area contributed by atoms with Gasteiger partial charge in [-0.3, -0.25) is 8.42 Å². The van der Waals surface area contributed by atoms with Crippen LogP contribution in [0.4, 0.5) is 4.79 Å². The molecule has 7 nitrogen and oxygen atoms in total. The van der Waals surface area contributed by atoms with Gasteiger partial charge in [0.25, 0.3) is 0 Å². The van der Waals surface area contributed by atoms with Crippen LogP contribution in [-0.2, 0) is 10.4 Å². The molecule has 0 heterocycles. The topological polar surface area (TPSA) is 143 Å². The van der Waals surface area contributed by atoms with Gasteiger partial charge in [-0.1, -0.05) is 0 Å². The Morgan fingerprint density at radius 2 is 1.00 bits per heavy atom. The van der Waals surface area contributed by atoms with Crippen molar-refractivity contribution < 1.29 is 32.5 Å². The molecule has 0 aliphatic carbocycles. The first-order chi connectivity index (χ1) is 3.73. The van der Waals surface area contributed by atoms with Gasteiger partial charge in [0.15, 0.2) is 0 Å². The number of carbonyl (C=O) groups excluding carboxylic acids is 1. The van der Waals surface area contributed by atoms with E-state index in [-0.39, 0.29) is 54.6 Å². The number of hydrogen-bond donors (Lipinski definition) is 0. The maximum atomic E-state index is 8.52. The summed E-state index contributed by atoms with van der Waals surface area (Å²) in [5.74, 6) is 0. The molecule has 4 radical (unpaired) electrons. The normalized spacial score (nSPS) is 7.45. The molecule has 0 rings (SSSR count). The number of rotatable bonds is 0. The molecule has 0 saturated carbocycles. The molecule has 60 valence electrons. The van der Waals surface area contributed by atoms with Crippen LogP contribution in [-0.4, -0.2) is 78.3 Å². The molecule has 0 aromatic carbocycles. The Balaban J connectivity index is -0.0000000383. The van der Waals surface area contributed by atoms with Gasteiger partial charge in [0.2, 0.25) is 0 Å². The largest absolute Gasteiger partial charge is 2.00 e. The van der Waals surface area contributed by atoms with Gasteiger partial charge in [0.05, 0.1) is 0 Å². The zero-order valence-corrected chi connectivity index (χ0v) is 13.4. The van der Waals surface area contributed by atoms with Crippen LogP contribution in [0.2, 0.25) is 0 Å². The molecular weight excluding hydrogens is 570 g/mol. The van der Waals surface area contributed by atoms with Gasteiger partial charge in [-0.05, 0) is 6.16 Å². The molecule has 0 amide bonds. The maximum Gasteiger partial charge on any atom is 2.00 e. The van der Waals surface area contributed by atoms with E-state index in [4.69, 9.17) is 32.5 Å². The molecular formula is CO7Pb2S. The number of carboxylic acid groups (broad SMARTS) is 2. The van der Waals surface area contributed by atoms with Crippen LogP contribution in [0.15, 0.2) is 0 Å². The monoisotopic (exact) mass is 572 g/mol. The van der Waals surface area contributed by atoms with Crippen molar-refractivity contribution in [1.29, 1.82) is 0 Å². The molecule has 0 atom stereocenters. The predicted molar refractivity (Wildman–Crippen MR) is 27.4 cm³/mol. The summed E-state index contributed by atoms with van der Waals surface area (Å²) in [6, 6.07) is 0. The van der Waals surface area contributed by atoms with Crippen molar-refractivity contribution >= 4 is 71.2 Å². The molecule has 0 aromatic rings. The van der Waals surface area contributed by atoms with Gasteiger partial charge >= 0.3 is 54.6 Å². The Labute approximate surface area is 103 Å². The Kier molecular flexibility index (Phi) is 22.6. The van der Waals surface area contributed by atoms with E-state index in [2.05, 4.69) is 0 Å². The molecule has 0 bridgehead atoms. The van der Waals surface area contributed by atoms with Crippen LogP contribution in [0, 0.1) is 0 Å². The first kappa shape index (κ1) is 22.7. The molecule has 0 aromatic heterocycles. The second kappa shape index (κ2) is 11.0. The molecule has 10 heteroatoms. The Hall–Kier alpha value is 0.984. The molecule has 0 fully saturated rings. The Morgan fingerprint density at radius 3 is 1.00 bits per heavy atom. The van der Waals surface area contributed by atoms with E-state index in [0.717, 1.165) is 0 Å². The van der Waals surface area contributed by atoms with Gasteiger partial charge in [-0.15, -0.1) is 0 Å². The molecule has 0 spiro atoms. The summed E-state index contributed by atoms with van der Waals surface area (Å²) in [5.41, 5.74) is 0. The smallest absolute Gasteiger partial charge is 0.759 e. The second-order valence-electron chi connectivity index (χ2n) is 0.658. The van der Waals surface area contributed by atoms with Gasteiger partial charge in [0.1, 0.15) is 0 Å². The number of hydrogen-bond acceptors (Lipinski definition) is 7. The molecule has 0 saturated heterocycles. The Bertz CT molecular complexity index is 159. The fourth-order valence-corrected chi connectivity index (χ4v) is 0. The quantitative estimate of drug-likeness (QED) is 0.162.